The zero-order valence-electron chi connectivity index (χ0n) is 20.1. The number of aryl methyl sites for hydroxylation is 1. The van der Waals surface area contributed by atoms with E-state index in [2.05, 4.69) is 15.3 Å². The molecule has 0 atom stereocenters. The van der Waals surface area contributed by atoms with Gasteiger partial charge in [0.05, 0.1) is 28.7 Å². The number of carbonyl (C=O) groups excluding carboxylic acids is 2. The number of hydrogen-bond donors (Lipinski definition) is 1. The van der Waals surface area contributed by atoms with Crippen LogP contribution in [0.1, 0.15) is 46.0 Å². The van der Waals surface area contributed by atoms with Gasteiger partial charge in [-0.15, -0.1) is 11.3 Å². The van der Waals surface area contributed by atoms with E-state index < -0.39 is 40.6 Å². The van der Waals surface area contributed by atoms with Crippen molar-refractivity contribution in [1.82, 2.24) is 15.3 Å². The first kappa shape index (κ1) is 27.1. The van der Waals surface area contributed by atoms with E-state index in [4.69, 9.17) is 17.5 Å². The number of benzene rings is 1. The molecule has 2 amide bonds. The van der Waals surface area contributed by atoms with Crippen molar-refractivity contribution in [3.05, 3.63) is 69.2 Å². The van der Waals surface area contributed by atoms with E-state index in [1.54, 1.807) is 6.92 Å². The average molecular weight is 563 g/mol. The highest BCUT2D eigenvalue weighted by atomic mass is 32.1. The molecule has 0 spiro atoms. The van der Waals surface area contributed by atoms with E-state index in [0.717, 1.165) is 28.5 Å². The van der Waals surface area contributed by atoms with Gasteiger partial charge in [0.25, 0.3) is 11.8 Å². The molecule has 1 aromatic carbocycles. The highest BCUT2D eigenvalue weighted by molar-refractivity contribution is 7.81. The molecule has 1 fully saturated rings. The average Bonchev–Trinajstić information content (AvgIpc) is 3.35. The van der Waals surface area contributed by atoms with Gasteiger partial charge in [-0.3, -0.25) is 14.5 Å². The van der Waals surface area contributed by atoms with Crippen LogP contribution in [0.4, 0.5) is 28.9 Å². The van der Waals surface area contributed by atoms with Crippen LogP contribution in [0.3, 0.4) is 0 Å². The van der Waals surface area contributed by atoms with Gasteiger partial charge in [-0.2, -0.15) is 18.4 Å². The van der Waals surface area contributed by atoms with Crippen LogP contribution < -0.4 is 15.1 Å². The fraction of sp³-hybridized carbons (Fsp3) is 0.250. The van der Waals surface area contributed by atoms with Crippen molar-refractivity contribution in [2.75, 3.05) is 9.80 Å². The van der Waals surface area contributed by atoms with Crippen LogP contribution in [0.2, 0.25) is 0 Å². The SMILES string of the molecule is Cc1ncsc1C(=O)NCc1ccc(N2C(=S)N(c3cnc(C#N)c(C(F)(F)F)c3)C(=O)C2(C)C)cc1F. The molecule has 38 heavy (non-hydrogen) atoms. The number of nitriles is 1. The second kappa shape index (κ2) is 9.73. The number of pyridine rings is 1. The number of halogens is 4. The Morgan fingerprint density at radius 1 is 1.24 bits per heavy atom. The topological polar surface area (TPSA) is 102 Å². The quantitative estimate of drug-likeness (QED) is 0.355. The Bertz CT molecular complexity index is 1510. The van der Waals surface area contributed by atoms with E-state index in [0.29, 0.717) is 16.6 Å². The van der Waals surface area contributed by atoms with E-state index in [1.165, 1.54) is 42.5 Å². The molecule has 0 radical (unpaired) electrons. The minimum Gasteiger partial charge on any atom is -0.347 e. The van der Waals surface area contributed by atoms with Crippen LogP contribution >= 0.6 is 23.6 Å². The number of carbonyl (C=O) groups is 2. The molecule has 3 aromatic rings. The third-order valence-electron chi connectivity index (χ3n) is 5.90. The normalized spacial score (nSPS) is 15.1. The predicted octanol–water partition coefficient (Wildman–Crippen LogP) is 4.72. The van der Waals surface area contributed by atoms with Gasteiger partial charge in [-0.05, 0) is 51.2 Å². The number of rotatable bonds is 5. The molecule has 4 rings (SSSR count). The highest BCUT2D eigenvalue weighted by Crippen LogP contribution is 2.39. The number of nitrogens with zero attached hydrogens (tertiary/aromatic N) is 5. The molecular weight excluding hydrogens is 544 g/mol. The van der Waals surface area contributed by atoms with Gasteiger partial charge in [0, 0.05) is 17.8 Å². The number of anilines is 2. The van der Waals surface area contributed by atoms with Crippen LogP contribution in [0.25, 0.3) is 0 Å². The summed E-state index contributed by atoms with van der Waals surface area (Å²) >= 11 is 6.60. The summed E-state index contributed by atoms with van der Waals surface area (Å²) in [4.78, 5) is 35.8. The van der Waals surface area contributed by atoms with Gasteiger partial charge in [-0.1, -0.05) is 6.07 Å². The first-order chi connectivity index (χ1) is 17.8. The zero-order valence-corrected chi connectivity index (χ0v) is 21.7. The van der Waals surface area contributed by atoms with Gasteiger partial charge in [0.2, 0.25) is 0 Å². The van der Waals surface area contributed by atoms with Crippen molar-refractivity contribution in [2.24, 2.45) is 0 Å². The Hall–Kier alpha value is -3.96. The Kier molecular flexibility index (Phi) is 6.94. The summed E-state index contributed by atoms with van der Waals surface area (Å²) in [5.41, 5.74) is -1.39. The first-order valence-electron chi connectivity index (χ1n) is 10.9. The third-order valence-corrected chi connectivity index (χ3v) is 7.19. The number of nitrogens with one attached hydrogen (secondary N) is 1. The monoisotopic (exact) mass is 562 g/mol. The summed E-state index contributed by atoms with van der Waals surface area (Å²) in [6, 6.07) is 6.05. The Morgan fingerprint density at radius 3 is 2.53 bits per heavy atom. The van der Waals surface area contributed by atoms with Crippen molar-refractivity contribution >= 4 is 51.9 Å². The van der Waals surface area contributed by atoms with Crippen molar-refractivity contribution in [1.29, 1.82) is 5.26 Å². The van der Waals surface area contributed by atoms with E-state index in [1.807, 2.05) is 0 Å². The van der Waals surface area contributed by atoms with E-state index in [9.17, 15) is 22.8 Å². The number of thiocarbonyl (C=S) groups is 1. The molecule has 3 heterocycles. The summed E-state index contributed by atoms with van der Waals surface area (Å²) < 4.78 is 55.5. The predicted molar refractivity (Wildman–Crippen MR) is 135 cm³/mol. The first-order valence-corrected chi connectivity index (χ1v) is 12.2. The van der Waals surface area contributed by atoms with Crippen LogP contribution in [-0.2, 0) is 17.5 Å². The molecule has 1 aliphatic heterocycles. The lowest BCUT2D eigenvalue weighted by Crippen LogP contribution is -2.44. The zero-order chi connectivity index (χ0) is 28.0. The molecule has 1 aliphatic rings. The summed E-state index contributed by atoms with van der Waals surface area (Å²) in [5.74, 6) is -1.75. The van der Waals surface area contributed by atoms with Crippen molar-refractivity contribution < 1.29 is 27.2 Å². The maximum Gasteiger partial charge on any atom is 0.419 e. The second-order valence-corrected chi connectivity index (χ2v) is 9.96. The molecule has 1 N–H and O–H groups in total. The summed E-state index contributed by atoms with van der Waals surface area (Å²) in [5, 5.41) is 11.4. The lowest BCUT2D eigenvalue weighted by Gasteiger charge is -2.29. The molecule has 8 nitrogen and oxygen atoms in total. The minimum atomic E-state index is -4.89. The van der Waals surface area contributed by atoms with Crippen molar-refractivity contribution in [2.45, 2.75) is 39.0 Å². The standard InChI is InChI=1S/C24H18F4N6O2S2/c1-12-19(38-11-32-12)20(35)31-9-13-4-5-14(7-17(13)25)34-22(37)33(21(36)23(34,2)3)15-6-16(24(26,27)28)18(8-29)30-10-15/h4-7,10-11H,9H2,1-3H3,(H,31,35). The minimum absolute atomic E-state index is 0.113. The number of aromatic nitrogens is 2. The van der Waals surface area contributed by atoms with E-state index in [-0.39, 0.29) is 28.6 Å². The lowest BCUT2D eigenvalue weighted by atomic mass is 10.0. The maximum absolute atomic E-state index is 15.0. The molecule has 196 valence electrons. The molecule has 14 heteroatoms. The van der Waals surface area contributed by atoms with Gasteiger partial charge in [0.1, 0.15) is 22.3 Å². The molecule has 0 unspecified atom stereocenters. The van der Waals surface area contributed by atoms with Gasteiger partial charge in [0.15, 0.2) is 10.8 Å². The summed E-state index contributed by atoms with van der Waals surface area (Å²) in [6.07, 6.45) is -3.94. The molecular formula is C24H18F4N6O2S2. The summed E-state index contributed by atoms with van der Waals surface area (Å²) in [7, 11) is 0. The van der Waals surface area contributed by atoms with Crippen molar-refractivity contribution in [3.63, 3.8) is 0 Å². The van der Waals surface area contributed by atoms with Crippen molar-refractivity contribution in [3.8, 4) is 6.07 Å². The number of alkyl halides is 3. The lowest BCUT2D eigenvalue weighted by molar-refractivity contribution is -0.138. The molecule has 2 aromatic heterocycles. The number of hydrogen-bond acceptors (Lipinski definition) is 7. The number of thiazole rings is 1. The third kappa shape index (κ3) is 4.70. The molecule has 0 bridgehead atoms. The maximum atomic E-state index is 15.0. The Balaban J connectivity index is 1.62. The fourth-order valence-electron chi connectivity index (χ4n) is 3.93. The largest absolute Gasteiger partial charge is 0.419 e. The Labute approximate surface area is 223 Å². The Morgan fingerprint density at radius 2 is 1.95 bits per heavy atom. The van der Waals surface area contributed by atoms with Crippen LogP contribution in [0.5, 0.6) is 0 Å². The van der Waals surface area contributed by atoms with Gasteiger partial charge in [-0.25, -0.2) is 14.4 Å². The van der Waals surface area contributed by atoms with Crippen LogP contribution in [0, 0.1) is 24.1 Å². The highest BCUT2D eigenvalue weighted by Gasteiger charge is 2.51. The molecule has 1 saturated heterocycles. The number of amides is 2. The molecule has 0 aliphatic carbocycles. The molecule has 0 saturated carbocycles. The smallest absolute Gasteiger partial charge is 0.347 e. The van der Waals surface area contributed by atoms with Crippen LogP contribution in [0.15, 0.2) is 36.0 Å². The van der Waals surface area contributed by atoms with Crippen LogP contribution in [-0.4, -0.2) is 32.4 Å². The fourth-order valence-corrected chi connectivity index (χ4v) is 5.17. The van der Waals surface area contributed by atoms with Gasteiger partial charge < -0.3 is 10.2 Å². The second-order valence-electron chi connectivity index (χ2n) is 8.74. The summed E-state index contributed by atoms with van der Waals surface area (Å²) in [6.45, 7) is 4.56. The van der Waals surface area contributed by atoms with Gasteiger partial charge >= 0.3 is 6.18 Å². The van der Waals surface area contributed by atoms with E-state index >= 15 is 4.39 Å².